The fourth-order valence-corrected chi connectivity index (χ4v) is 5.20. The van der Waals surface area contributed by atoms with E-state index in [1.54, 1.807) is 29.2 Å². The standard InChI is InChI=1S/C22H26FN3O4S/c1-31(29,30)25-19-9-12-26(21(27)22(28)10-4-11-22)20(19)14-17-7-3-8-18(24-17)15-5-2-6-16(23)13-15/h2-3,5-8,13,19-20,25,28H,4,9-12,14H2,1H3/t19-,20-/m0/s1. The molecule has 0 radical (unpaired) electrons. The number of hydrogen-bond donors (Lipinski definition) is 2. The number of halogens is 1. The van der Waals surface area contributed by atoms with Crippen LogP contribution in [0.3, 0.4) is 0 Å². The molecule has 31 heavy (non-hydrogen) atoms. The van der Waals surface area contributed by atoms with Gasteiger partial charge in [-0.25, -0.2) is 17.5 Å². The molecule has 0 bridgehead atoms. The van der Waals surface area contributed by atoms with Crippen LogP contribution in [-0.4, -0.2) is 59.8 Å². The van der Waals surface area contributed by atoms with Gasteiger partial charge in [-0.2, -0.15) is 0 Å². The lowest BCUT2D eigenvalue weighted by atomic mass is 9.79. The van der Waals surface area contributed by atoms with Gasteiger partial charge in [-0.3, -0.25) is 9.78 Å². The topological polar surface area (TPSA) is 99.6 Å². The Balaban J connectivity index is 1.61. The van der Waals surface area contributed by atoms with Gasteiger partial charge in [-0.1, -0.05) is 18.2 Å². The monoisotopic (exact) mass is 447 g/mol. The highest BCUT2D eigenvalue weighted by Gasteiger charge is 2.49. The quantitative estimate of drug-likeness (QED) is 0.704. The minimum absolute atomic E-state index is 0.318. The van der Waals surface area contributed by atoms with E-state index in [4.69, 9.17) is 0 Å². The zero-order chi connectivity index (χ0) is 22.2. The van der Waals surface area contributed by atoms with Gasteiger partial charge in [0, 0.05) is 30.3 Å². The molecule has 166 valence electrons. The SMILES string of the molecule is CS(=O)(=O)N[C@H]1CCN(C(=O)C2(O)CCC2)[C@H]1Cc1cccc(-c2cccc(F)c2)n1. The van der Waals surface area contributed by atoms with Gasteiger partial charge in [0.25, 0.3) is 5.91 Å². The lowest BCUT2D eigenvalue weighted by molar-refractivity contribution is -0.161. The minimum atomic E-state index is -3.48. The third-order valence-electron chi connectivity index (χ3n) is 6.10. The van der Waals surface area contributed by atoms with Gasteiger partial charge in [-0.05, 0) is 49.9 Å². The van der Waals surface area contributed by atoms with Crippen LogP contribution in [0.5, 0.6) is 0 Å². The minimum Gasteiger partial charge on any atom is -0.380 e. The van der Waals surface area contributed by atoms with Crippen molar-refractivity contribution in [3.8, 4) is 11.3 Å². The molecule has 9 heteroatoms. The summed E-state index contributed by atoms with van der Waals surface area (Å²) in [5.74, 6) is -0.703. The number of sulfonamides is 1. The first-order chi connectivity index (χ1) is 14.6. The molecule has 7 nitrogen and oxygen atoms in total. The Bertz CT molecular complexity index is 1090. The van der Waals surface area contributed by atoms with Gasteiger partial charge in [-0.15, -0.1) is 0 Å². The lowest BCUT2D eigenvalue weighted by Gasteiger charge is -2.40. The van der Waals surface area contributed by atoms with E-state index in [-0.39, 0.29) is 11.7 Å². The number of nitrogens with one attached hydrogen (secondary N) is 1. The van der Waals surface area contributed by atoms with Crippen LogP contribution in [0.15, 0.2) is 42.5 Å². The summed E-state index contributed by atoms with van der Waals surface area (Å²) in [4.78, 5) is 19.2. The second kappa shape index (κ2) is 8.29. The molecule has 2 aliphatic rings. The first kappa shape index (κ1) is 21.9. The molecule has 2 fully saturated rings. The van der Waals surface area contributed by atoms with E-state index in [1.807, 2.05) is 6.07 Å². The number of amides is 1. The maximum Gasteiger partial charge on any atom is 0.254 e. The number of rotatable bonds is 6. The average molecular weight is 448 g/mol. The summed E-state index contributed by atoms with van der Waals surface area (Å²) >= 11 is 0. The Morgan fingerprint density at radius 1 is 1.29 bits per heavy atom. The summed E-state index contributed by atoms with van der Waals surface area (Å²) in [6.45, 7) is 0.364. The maximum absolute atomic E-state index is 13.6. The van der Waals surface area contributed by atoms with Crippen LogP contribution in [0.2, 0.25) is 0 Å². The van der Waals surface area contributed by atoms with Crippen LogP contribution in [0.25, 0.3) is 11.3 Å². The van der Waals surface area contributed by atoms with Crippen molar-refractivity contribution in [2.45, 2.75) is 49.8 Å². The molecule has 1 aromatic heterocycles. The summed E-state index contributed by atoms with van der Waals surface area (Å²) in [5, 5.41) is 10.6. The summed E-state index contributed by atoms with van der Waals surface area (Å²) in [5.41, 5.74) is 0.538. The van der Waals surface area contributed by atoms with E-state index < -0.39 is 27.7 Å². The molecular formula is C22H26FN3O4S. The van der Waals surface area contributed by atoms with Crippen LogP contribution >= 0.6 is 0 Å². The molecule has 2 N–H and O–H groups in total. The Kier molecular flexibility index (Phi) is 5.85. The zero-order valence-electron chi connectivity index (χ0n) is 17.3. The second-order valence-corrected chi connectivity index (χ2v) is 10.2. The highest BCUT2D eigenvalue weighted by molar-refractivity contribution is 7.88. The van der Waals surface area contributed by atoms with Crippen molar-refractivity contribution in [3.63, 3.8) is 0 Å². The van der Waals surface area contributed by atoms with Crippen LogP contribution in [0.4, 0.5) is 4.39 Å². The second-order valence-electron chi connectivity index (χ2n) is 8.46. The van der Waals surface area contributed by atoms with Crippen molar-refractivity contribution in [1.82, 2.24) is 14.6 Å². The number of aromatic nitrogens is 1. The van der Waals surface area contributed by atoms with Crippen LogP contribution in [0, 0.1) is 5.82 Å². The molecule has 1 aliphatic carbocycles. The number of aliphatic hydroxyl groups is 1. The number of likely N-dealkylation sites (tertiary alicyclic amines) is 1. The van der Waals surface area contributed by atoms with Crippen molar-refractivity contribution in [2.24, 2.45) is 0 Å². The van der Waals surface area contributed by atoms with Crippen molar-refractivity contribution in [1.29, 1.82) is 0 Å². The fraction of sp³-hybridized carbons (Fsp3) is 0.455. The van der Waals surface area contributed by atoms with E-state index in [0.29, 0.717) is 49.2 Å². The molecule has 4 rings (SSSR count). The highest BCUT2D eigenvalue weighted by Crippen LogP contribution is 2.36. The Morgan fingerprint density at radius 2 is 2.03 bits per heavy atom. The number of hydrogen-bond acceptors (Lipinski definition) is 5. The molecular weight excluding hydrogens is 421 g/mol. The lowest BCUT2D eigenvalue weighted by Crippen LogP contribution is -2.57. The van der Waals surface area contributed by atoms with Gasteiger partial charge >= 0.3 is 0 Å². The number of carbonyl (C=O) groups excluding carboxylic acids is 1. The molecule has 0 spiro atoms. The first-order valence-corrected chi connectivity index (χ1v) is 12.3. The summed E-state index contributed by atoms with van der Waals surface area (Å²) in [6, 6.07) is 10.6. The number of pyridine rings is 1. The number of carbonyl (C=O) groups is 1. The Hall–Kier alpha value is -2.36. The zero-order valence-corrected chi connectivity index (χ0v) is 18.1. The largest absolute Gasteiger partial charge is 0.380 e. The smallest absolute Gasteiger partial charge is 0.254 e. The Labute approximate surface area is 181 Å². The van der Waals surface area contributed by atoms with E-state index in [0.717, 1.165) is 12.7 Å². The predicted octanol–water partition coefficient (Wildman–Crippen LogP) is 1.86. The molecule has 1 aromatic carbocycles. The van der Waals surface area contributed by atoms with Crippen molar-refractivity contribution in [3.05, 3.63) is 54.0 Å². The van der Waals surface area contributed by atoms with Crippen LogP contribution in [0.1, 0.15) is 31.4 Å². The van der Waals surface area contributed by atoms with Gasteiger partial charge in [0.2, 0.25) is 10.0 Å². The predicted molar refractivity (Wildman–Crippen MR) is 114 cm³/mol. The van der Waals surface area contributed by atoms with Gasteiger partial charge in [0.05, 0.1) is 18.0 Å². The highest BCUT2D eigenvalue weighted by atomic mass is 32.2. The summed E-state index contributed by atoms with van der Waals surface area (Å²) in [6.07, 6.45) is 3.51. The Morgan fingerprint density at radius 3 is 2.68 bits per heavy atom. The van der Waals surface area contributed by atoms with Crippen LogP contribution in [-0.2, 0) is 21.2 Å². The molecule has 1 saturated heterocycles. The van der Waals surface area contributed by atoms with E-state index >= 15 is 0 Å². The molecule has 2 atom stereocenters. The molecule has 1 aliphatic heterocycles. The van der Waals surface area contributed by atoms with E-state index in [1.165, 1.54) is 12.1 Å². The van der Waals surface area contributed by atoms with Gasteiger partial charge in [0.15, 0.2) is 0 Å². The van der Waals surface area contributed by atoms with Gasteiger partial charge in [0.1, 0.15) is 11.4 Å². The average Bonchev–Trinajstić information content (AvgIpc) is 3.06. The van der Waals surface area contributed by atoms with Gasteiger partial charge < -0.3 is 10.0 Å². The third-order valence-corrected chi connectivity index (χ3v) is 6.83. The number of nitrogens with zero attached hydrogens (tertiary/aromatic N) is 2. The normalized spacial score (nSPS) is 22.9. The maximum atomic E-state index is 13.6. The van der Waals surface area contributed by atoms with Crippen LogP contribution < -0.4 is 4.72 Å². The summed E-state index contributed by atoms with van der Waals surface area (Å²) in [7, 11) is -3.48. The first-order valence-electron chi connectivity index (χ1n) is 10.4. The molecule has 1 saturated carbocycles. The van der Waals surface area contributed by atoms with E-state index in [2.05, 4.69) is 9.71 Å². The molecule has 0 unspecified atom stereocenters. The third kappa shape index (κ3) is 4.78. The van der Waals surface area contributed by atoms with Crippen molar-refractivity contribution in [2.75, 3.05) is 12.8 Å². The number of benzene rings is 1. The van der Waals surface area contributed by atoms with Crippen molar-refractivity contribution < 1.29 is 22.7 Å². The van der Waals surface area contributed by atoms with Crippen molar-refractivity contribution >= 4 is 15.9 Å². The molecule has 2 heterocycles. The molecule has 1 amide bonds. The molecule has 2 aromatic rings. The fourth-order valence-electron chi connectivity index (χ4n) is 4.38. The van der Waals surface area contributed by atoms with E-state index in [9.17, 15) is 22.7 Å². The summed E-state index contributed by atoms with van der Waals surface area (Å²) < 4.78 is 40.0.